The summed E-state index contributed by atoms with van der Waals surface area (Å²) in [4.78, 5) is 4.73. The fourth-order valence-corrected chi connectivity index (χ4v) is 3.96. The van der Waals surface area contributed by atoms with Crippen LogP contribution in [0.3, 0.4) is 0 Å². The summed E-state index contributed by atoms with van der Waals surface area (Å²) >= 11 is 0. The molecule has 0 atom stereocenters. The van der Waals surface area contributed by atoms with Gasteiger partial charge >= 0.3 is 0 Å². The highest BCUT2D eigenvalue weighted by Gasteiger charge is 2.31. The van der Waals surface area contributed by atoms with Gasteiger partial charge in [-0.25, -0.2) is 4.98 Å². The lowest BCUT2D eigenvalue weighted by atomic mass is 9.77. The first-order chi connectivity index (χ1) is 10.2. The van der Waals surface area contributed by atoms with Crippen molar-refractivity contribution in [3.05, 3.63) is 59.9 Å². The van der Waals surface area contributed by atoms with Crippen molar-refractivity contribution in [1.29, 1.82) is 0 Å². The smallest absolute Gasteiger partial charge is 0.145 e. The zero-order valence-corrected chi connectivity index (χ0v) is 12.2. The summed E-state index contributed by atoms with van der Waals surface area (Å²) in [5.74, 6) is 0. The molecule has 0 spiro atoms. The molecule has 0 amide bonds. The number of benzene rings is 2. The summed E-state index contributed by atoms with van der Waals surface area (Å²) in [5.41, 5.74) is 5.35. The second-order valence-electron chi connectivity index (χ2n) is 6.72. The van der Waals surface area contributed by atoms with E-state index in [0.717, 1.165) is 12.1 Å². The number of fused-ring (bicyclic) bond motifs is 3. The minimum atomic E-state index is 0.158. The number of nitrogens with zero attached hydrogens (tertiary/aromatic N) is 2. The van der Waals surface area contributed by atoms with E-state index >= 15 is 0 Å². The van der Waals surface area contributed by atoms with Crippen LogP contribution >= 0.6 is 0 Å². The maximum atomic E-state index is 4.73. The van der Waals surface area contributed by atoms with Crippen molar-refractivity contribution in [2.75, 3.05) is 0 Å². The molecule has 1 aliphatic rings. The van der Waals surface area contributed by atoms with Crippen LogP contribution in [0.5, 0.6) is 0 Å². The Morgan fingerprint density at radius 1 is 0.952 bits per heavy atom. The van der Waals surface area contributed by atoms with E-state index in [2.05, 4.69) is 66.9 Å². The Bertz CT molecular complexity index is 1040. The van der Waals surface area contributed by atoms with Crippen LogP contribution in [0.1, 0.15) is 25.1 Å². The van der Waals surface area contributed by atoms with Crippen LogP contribution in [0.4, 0.5) is 0 Å². The van der Waals surface area contributed by atoms with Gasteiger partial charge in [0.2, 0.25) is 0 Å². The van der Waals surface area contributed by atoms with Gasteiger partial charge in [0.05, 0.1) is 5.52 Å². The first-order valence-corrected chi connectivity index (χ1v) is 7.47. The normalized spacial score (nSPS) is 16.3. The van der Waals surface area contributed by atoms with Gasteiger partial charge in [-0.3, -0.25) is 4.40 Å². The van der Waals surface area contributed by atoms with Gasteiger partial charge in [-0.15, -0.1) is 0 Å². The predicted molar refractivity (Wildman–Crippen MR) is 86.9 cm³/mol. The summed E-state index contributed by atoms with van der Waals surface area (Å²) in [6.45, 7) is 4.67. The Balaban J connectivity index is 2.22. The van der Waals surface area contributed by atoms with E-state index in [1.807, 2.05) is 0 Å². The Hall–Kier alpha value is -2.35. The molecule has 2 aromatic carbocycles. The maximum absolute atomic E-state index is 4.73. The Morgan fingerprint density at radius 2 is 1.71 bits per heavy atom. The van der Waals surface area contributed by atoms with Crippen LogP contribution in [0.2, 0.25) is 0 Å². The zero-order valence-electron chi connectivity index (χ0n) is 12.2. The molecule has 5 rings (SSSR count). The van der Waals surface area contributed by atoms with Crippen LogP contribution in [0.25, 0.3) is 27.3 Å². The third-order valence-electron chi connectivity index (χ3n) is 4.90. The Morgan fingerprint density at radius 3 is 2.57 bits per heavy atom. The minimum Gasteiger partial charge on any atom is -0.296 e. The van der Waals surface area contributed by atoms with Gasteiger partial charge in [-0.1, -0.05) is 56.3 Å². The lowest BCUT2D eigenvalue weighted by molar-refractivity contribution is 0.506. The van der Waals surface area contributed by atoms with E-state index < -0.39 is 0 Å². The Kier molecular flexibility index (Phi) is 1.86. The molecule has 21 heavy (non-hydrogen) atoms. The van der Waals surface area contributed by atoms with Crippen molar-refractivity contribution in [1.82, 2.24) is 9.38 Å². The van der Waals surface area contributed by atoms with Gasteiger partial charge < -0.3 is 0 Å². The van der Waals surface area contributed by atoms with E-state index in [1.165, 1.54) is 32.9 Å². The van der Waals surface area contributed by atoms with Gasteiger partial charge in [0.25, 0.3) is 0 Å². The van der Waals surface area contributed by atoms with Gasteiger partial charge in [0.15, 0.2) is 0 Å². The second kappa shape index (κ2) is 3.45. The molecule has 2 nitrogen and oxygen atoms in total. The quantitative estimate of drug-likeness (QED) is 0.432. The SMILES string of the molecule is CC1(C)Cc2cnc3c4ccccc4c4cccc1c4n23. The highest BCUT2D eigenvalue weighted by atomic mass is 15.0. The number of para-hydroxylation sites is 1. The van der Waals surface area contributed by atoms with Crippen LogP contribution in [0.15, 0.2) is 48.7 Å². The second-order valence-corrected chi connectivity index (χ2v) is 6.72. The van der Waals surface area contributed by atoms with Crippen molar-refractivity contribution in [2.24, 2.45) is 0 Å². The van der Waals surface area contributed by atoms with Crippen LogP contribution < -0.4 is 0 Å². The molecule has 0 fully saturated rings. The molecule has 0 saturated heterocycles. The third kappa shape index (κ3) is 1.26. The number of aromatic nitrogens is 2. The topological polar surface area (TPSA) is 17.3 Å². The molecule has 2 heteroatoms. The molecular weight excluding hydrogens is 256 g/mol. The van der Waals surface area contributed by atoms with E-state index in [4.69, 9.17) is 4.98 Å². The van der Waals surface area contributed by atoms with E-state index in [-0.39, 0.29) is 5.41 Å². The molecule has 0 aliphatic carbocycles. The van der Waals surface area contributed by atoms with E-state index in [9.17, 15) is 0 Å². The van der Waals surface area contributed by atoms with Gasteiger partial charge in [0, 0.05) is 22.7 Å². The fraction of sp³-hybridized carbons (Fsp3) is 0.211. The summed E-state index contributed by atoms with van der Waals surface area (Å²) in [6, 6.07) is 15.3. The van der Waals surface area contributed by atoms with Gasteiger partial charge in [-0.05, 0) is 22.8 Å². The van der Waals surface area contributed by atoms with Crippen LogP contribution in [0, 0.1) is 0 Å². The maximum Gasteiger partial charge on any atom is 0.145 e. The summed E-state index contributed by atoms with van der Waals surface area (Å²) in [7, 11) is 0. The summed E-state index contributed by atoms with van der Waals surface area (Å²) in [5, 5.41) is 3.88. The van der Waals surface area contributed by atoms with Crippen molar-refractivity contribution in [2.45, 2.75) is 25.7 Å². The zero-order chi connectivity index (χ0) is 14.2. The lowest BCUT2D eigenvalue weighted by Crippen LogP contribution is -2.26. The average molecular weight is 272 g/mol. The highest BCUT2D eigenvalue weighted by Crippen LogP contribution is 2.41. The molecule has 0 saturated carbocycles. The number of hydrogen-bond acceptors (Lipinski definition) is 1. The molecule has 3 heterocycles. The molecular formula is C19H16N2. The molecule has 0 N–H and O–H groups in total. The van der Waals surface area contributed by atoms with Crippen LogP contribution in [-0.4, -0.2) is 9.38 Å². The minimum absolute atomic E-state index is 0.158. The standard InChI is InChI=1S/C19H16N2/c1-19(2)10-12-11-20-18-15-7-4-3-6-13(15)14-8-5-9-16(19)17(14)21(12)18/h3-9,11H,10H2,1-2H3. The number of rotatable bonds is 0. The average Bonchev–Trinajstić information content (AvgIpc) is 2.90. The lowest BCUT2D eigenvalue weighted by Gasteiger charge is -2.31. The van der Waals surface area contributed by atoms with Crippen molar-refractivity contribution in [3.8, 4) is 0 Å². The van der Waals surface area contributed by atoms with Crippen LogP contribution in [-0.2, 0) is 11.8 Å². The fourth-order valence-electron chi connectivity index (χ4n) is 3.96. The largest absolute Gasteiger partial charge is 0.296 e. The number of imidazole rings is 1. The predicted octanol–water partition coefficient (Wildman–Crippen LogP) is 4.47. The number of hydrogen-bond donors (Lipinski definition) is 0. The molecule has 0 bridgehead atoms. The molecule has 4 aromatic rings. The van der Waals surface area contributed by atoms with Crippen molar-refractivity contribution >= 4 is 27.3 Å². The molecule has 2 aromatic heterocycles. The molecule has 0 radical (unpaired) electrons. The van der Waals surface area contributed by atoms with E-state index in [1.54, 1.807) is 0 Å². The third-order valence-corrected chi connectivity index (χ3v) is 4.90. The van der Waals surface area contributed by atoms with Crippen molar-refractivity contribution < 1.29 is 0 Å². The Labute approximate surface area is 123 Å². The molecule has 102 valence electrons. The van der Waals surface area contributed by atoms with Gasteiger partial charge in [-0.2, -0.15) is 0 Å². The molecule has 0 unspecified atom stereocenters. The van der Waals surface area contributed by atoms with Crippen molar-refractivity contribution in [3.63, 3.8) is 0 Å². The summed E-state index contributed by atoms with van der Waals surface area (Å²) < 4.78 is 2.37. The number of pyridine rings is 1. The highest BCUT2D eigenvalue weighted by molar-refractivity contribution is 6.12. The van der Waals surface area contributed by atoms with E-state index in [0.29, 0.717) is 0 Å². The molecule has 1 aliphatic heterocycles. The first kappa shape index (κ1) is 11.3. The first-order valence-electron chi connectivity index (χ1n) is 7.47. The monoisotopic (exact) mass is 272 g/mol. The summed E-state index contributed by atoms with van der Waals surface area (Å²) in [6.07, 6.45) is 3.09. The van der Waals surface area contributed by atoms with Gasteiger partial charge in [0.1, 0.15) is 5.65 Å².